The number of hydrogen-bond acceptors (Lipinski definition) is 3. The second-order valence-corrected chi connectivity index (χ2v) is 3.09. The maximum atomic E-state index is 8.17. The van der Waals surface area contributed by atoms with Gasteiger partial charge < -0.3 is 4.74 Å². The minimum atomic E-state index is -0.279. The average Bonchev–Trinajstić information content (AvgIpc) is 2.16. The molecule has 0 spiro atoms. The lowest BCUT2D eigenvalue weighted by atomic mass is 9.79. The Hall–Kier alpha value is -1.42. The number of nitrogens with zero attached hydrogens (tertiary/aromatic N) is 6. The first-order valence-corrected chi connectivity index (χ1v) is 3.88. The molecule has 0 amide bonds. The van der Waals surface area contributed by atoms with Crippen molar-refractivity contribution in [3.05, 3.63) is 20.9 Å². The van der Waals surface area contributed by atoms with Crippen molar-refractivity contribution < 1.29 is 4.74 Å². The van der Waals surface area contributed by atoms with Crippen molar-refractivity contribution in [2.45, 2.75) is 13.0 Å². The molecule has 70 valence electrons. The standard InChI is InChI=1S/C6H10N6O/c1-5-6(4-13-5,2-9-11-7)3-10-12-8/h5H,2-4H2,1H3. The highest BCUT2D eigenvalue weighted by molar-refractivity contribution is 4.96. The molecule has 1 atom stereocenters. The lowest BCUT2D eigenvalue weighted by Crippen LogP contribution is -2.54. The Balaban J connectivity index is 2.63. The van der Waals surface area contributed by atoms with Crippen molar-refractivity contribution in [3.63, 3.8) is 0 Å². The van der Waals surface area contributed by atoms with Gasteiger partial charge in [0.05, 0.1) is 12.7 Å². The van der Waals surface area contributed by atoms with Crippen molar-refractivity contribution in [1.82, 2.24) is 0 Å². The quantitative estimate of drug-likeness (QED) is 0.370. The zero-order valence-corrected chi connectivity index (χ0v) is 7.29. The van der Waals surface area contributed by atoms with E-state index in [1.807, 2.05) is 6.92 Å². The van der Waals surface area contributed by atoms with Crippen LogP contribution in [0.15, 0.2) is 10.2 Å². The highest BCUT2D eigenvalue weighted by Gasteiger charge is 2.44. The molecule has 0 aromatic rings. The molecule has 7 nitrogen and oxygen atoms in total. The molecule has 1 saturated heterocycles. The predicted molar refractivity (Wildman–Crippen MR) is 45.9 cm³/mol. The van der Waals surface area contributed by atoms with Crippen LogP contribution in [-0.4, -0.2) is 25.8 Å². The van der Waals surface area contributed by atoms with Crippen LogP contribution in [-0.2, 0) is 4.74 Å². The Morgan fingerprint density at radius 2 is 1.92 bits per heavy atom. The Labute approximate surface area is 74.9 Å². The van der Waals surface area contributed by atoms with Crippen molar-refractivity contribution in [3.8, 4) is 0 Å². The smallest absolute Gasteiger partial charge is 0.0628 e. The largest absolute Gasteiger partial charge is 0.377 e. The Morgan fingerprint density at radius 1 is 1.38 bits per heavy atom. The Kier molecular flexibility index (Phi) is 2.97. The van der Waals surface area contributed by atoms with E-state index in [0.29, 0.717) is 19.7 Å². The summed E-state index contributed by atoms with van der Waals surface area (Å²) in [5, 5.41) is 6.97. The molecular weight excluding hydrogens is 172 g/mol. The van der Waals surface area contributed by atoms with Gasteiger partial charge in [-0.3, -0.25) is 0 Å². The fourth-order valence-corrected chi connectivity index (χ4v) is 1.23. The zero-order valence-electron chi connectivity index (χ0n) is 7.29. The van der Waals surface area contributed by atoms with Gasteiger partial charge in [0.25, 0.3) is 0 Å². The van der Waals surface area contributed by atoms with Gasteiger partial charge in [-0.2, -0.15) is 0 Å². The molecule has 0 aromatic carbocycles. The van der Waals surface area contributed by atoms with Crippen LogP contribution < -0.4 is 0 Å². The third kappa shape index (κ3) is 1.84. The Bertz CT molecular complexity index is 257. The van der Waals surface area contributed by atoms with Crippen LogP contribution in [0.25, 0.3) is 20.9 Å². The zero-order chi connectivity index (χ0) is 9.73. The van der Waals surface area contributed by atoms with Crippen LogP contribution in [0, 0.1) is 5.41 Å². The van der Waals surface area contributed by atoms with Gasteiger partial charge in [-0.1, -0.05) is 10.2 Å². The maximum Gasteiger partial charge on any atom is 0.0628 e. The molecule has 0 aliphatic carbocycles. The SMILES string of the molecule is CC1OCC1(CN=[N+]=[N-])CN=[N+]=[N-]. The summed E-state index contributed by atoms with van der Waals surface area (Å²) in [5.74, 6) is 0. The maximum absolute atomic E-state index is 8.17. The molecule has 1 aliphatic rings. The number of ether oxygens (including phenoxy) is 1. The van der Waals surface area contributed by atoms with E-state index in [2.05, 4.69) is 20.1 Å². The lowest BCUT2D eigenvalue weighted by molar-refractivity contribution is -0.165. The van der Waals surface area contributed by atoms with E-state index in [9.17, 15) is 0 Å². The van der Waals surface area contributed by atoms with Crippen LogP contribution in [0.4, 0.5) is 0 Å². The molecule has 0 radical (unpaired) electrons. The first-order valence-electron chi connectivity index (χ1n) is 3.88. The molecule has 1 heterocycles. The van der Waals surface area contributed by atoms with E-state index < -0.39 is 0 Å². The van der Waals surface area contributed by atoms with Crippen LogP contribution in [0.3, 0.4) is 0 Å². The first kappa shape index (κ1) is 9.67. The van der Waals surface area contributed by atoms with Crippen LogP contribution >= 0.6 is 0 Å². The minimum absolute atomic E-state index is 0.0106. The molecule has 1 aliphatic heterocycles. The van der Waals surface area contributed by atoms with Gasteiger partial charge in [-0.15, -0.1) is 0 Å². The van der Waals surface area contributed by atoms with E-state index >= 15 is 0 Å². The number of rotatable bonds is 4. The number of azide groups is 2. The van der Waals surface area contributed by atoms with E-state index in [1.54, 1.807) is 0 Å². The van der Waals surface area contributed by atoms with Gasteiger partial charge >= 0.3 is 0 Å². The van der Waals surface area contributed by atoms with Gasteiger partial charge in [0.1, 0.15) is 0 Å². The van der Waals surface area contributed by atoms with E-state index in [4.69, 9.17) is 15.8 Å². The van der Waals surface area contributed by atoms with Gasteiger partial charge in [0, 0.05) is 28.3 Å². The number of hydrogen-bond donors (Lipinski definition) is 0. The summed E-state index contributed by atoms with van der Waals surface area (Å²) < 4.78 is 5.17. The van der Waals surface area contributed by atoms with E-state index in [1.165, 1.54) is 0 Å². The summed E-state index contributed by atoms with van der Waals surface area (Å²) in [6, 6.07) is 0. The van der Waals surface area contributed by atoms with Gasteiger partial charge in [-0.25, -0.2) is 0 Å². The molecule has 1 unspecified atom stereocenters. The van der Waals surface area contributed by atoms with Crippen LogP contribution in [0.1, 0.15) is 6.92 Å². The van der Waals surface area contributed by atoms with E-state index in [-0.39, 0.29) is 11.5 Å². The highest BCUT2D eigenvalue weighted by Crippen LogP contribution is 2.35. The summed E-state index contributed by atoms with van der Waals surface area (Å²) in [4.78, 5) is 5.36. The normalized spacial score (nSPS) is 31.0. The topological polar surface area (TPSA) is 107 Å². The molecule has 0 aromatic heterocycles. The van der Waals surface area contributed by atoms with Crippen molar-refractivity contribution in [2.75, 3.05) is 19.7 Å². The average molecular weight is 182 g/mol. The van der Waals surface area contributed by atoms with E-state index in [0.717, 1.165) is 0 Å². The molecule has 1 fully saturated rings. The van der Waals surface area contributed by atoms with Gasteiger partial charge in [-0.05, 0) is 18.0 Å². The molecule has 0 saturated carbocycles. The first-order chi connectivity index (χ1) is 6.25. The summed E-state index contributed by atoms with van der Waals surface area (Å²) in [7, 11) is 0. The highest BCUT2D eigenvalue weighted by atomic mass is 16.5. The third-order valence-electron chi connectivity index (χ3n) is 2.38. The summed E-state index contributed by atoms with van der Waals surface area (Å²) >= 11 is 0. The summed E-state index contributed by atoms with van der Waals surface area (Å²) in [6.45, 7) is 3.02. The molecule has 13 heavy (non-hydrogen) atoms. The Morgan fingerprint density at radius 3 is 2.15 bits per heavy atom. The van der Waals surface area contributed by atoms with Crippen molar-refractivity contribution in [2.24, 2.45) is 15.6 Å². The predicted octanol–water partition coefficient (Wildman–Crippen LogP) is 2.01. The van der Waals surface area contributed by atoms with Crippen LogP contribution in [0.2, 0.25) is 0 Å². The molecular formula is C6H10N6O. The molecule has 1 rings (SSSR count). The van der Waals surface area contributed by atoms with Crippen LogP contribution in [0.5, 0.6) is 0 Å². The molecule has 0 N–H and O–H groups in total. The van der Waals surface area contributed by atoms with Gasteiger partial charge in [0.2, 0.25) is 0 Å². The minimum Gasteiger partial charge on any atom is -0.377 e. The third-order valence-corrected chi connectivity index (χ3v) is 2.38. The van der Waals surface area contributed by atoms with Gasteiger partial charge in [0.15, 0.2) is 0 Å². The fraction of sp³-hybridized carbons (Fsp3) is 1.00. The molecule has 7 heteroatoms. The van der Waals surface area contributed by atoms with Crippen molar-refractivity contribution >= 4 is 0 Å². The summed E-state index contributed by atoms with van der Waals surface area (Å²) in [6.07, 6.45) is -0.0106. The monoisotopic (exact) mass is 182 g/mol. The lowest BCUT2D eigenvalue weighted by Gasteiger charge is -2.46. The second kappa shape index (κ2) is 4.00. The summed E-state index contributed by atoms with van der Waals surface area (Å²) in [5.41, 5.74) is 16.1. The second-order valence-electron chi connectivity index (χ2n) is 3.09. The fourth-order valence-electron chi connectivity index (χ4n) is 1.23. The molecule has 0 bridgehead atoms. The van der Waals surface area contributed by atoms with Crippen molar-refractivity contribution in [1.29, 1.82) is 0 Å².